The van der Waals surface area contributed by atoms with Crippen molar-refractivity contribution in [2.75, 3.05) is 0 Å². The second kappa shape index (κ2) is 6.07. The van der Waals surface area contributed by atoms with Crippen molar-refractivity contribution in [1.82, 2.24) is 5.32 Å². The van der Waals surface area contributed by atoms with E-state index in [9.17, 15) is 8.78 Å². The van der Waals surface area contributed by atoms with Crippen molar-refractivity contribution in [3.8, 4) is 6.07 Å². The number of benzene rings is 2. The molecule has 0 fully saturated rings. The second-order valence-electron chi connectivity index (χ2n) is 4.15. The van der Waals surface area contributed by atoms with Crippen molar-refractivity contribution < 1.29 is 8.78 Å². The largest absolute Gasteiger partial charge is 0.309 e. The van der Waals surface area contributed by atoms with Gasteiger partial charge < -0.3 is 5.32 Å². The Morgan fingerprint density at radius 3 is 2.58 bits per heavy atom. The van der Waals surface area contributed by atoms with Crippen LogP contribution in [0.1, 0.15) is 16.7 Å². The Morgan fingerprint density at radius 1 is 1.05 bits per heavy atom. The topological polar surface area (TPSA) is 35.8 Å². The van der Waals surface area contributed by atoms with Crippen LogP contribution in [0.2, 0.25) is 0 Å². The van der Waals surface area contributed by atoms with Crippen LogP contribution in [0.4, 0.5) is 8.78 Å². The fourth-order valence-corrected chi connectivity index (χ4v) is 1.75. The first-order valence-electron chi connectivity index (χ1n) is 5.83. The minimum Gasteiger partial charge on any atom is -0.309 e. The van der Waals surface area contributed by atoms with Crippen molar-refractivity contribution in [3.63, 3.8) is 0 Å². The highest BCUT2D eigenvalue weighted by Gasteiger charge is 2.03. The molecule has 0 heterocycles. The highest BCUT2D eigenvalue weighted by Crippen LogP contribution is 2.10. The van der Waals surface area contributed by atoms with Gasteiger partial charge in [0.1, 0.15) is 11.6 Å². The predicted octanol–water partition coefficient (Wildman–Crippen LogP) is 3.13. The van der Waals surface area contributed by atoms with Crippen molar-refractivity contribution in [2.24, 2.45) is 0 Å². The first-order chi connectivity index (χ1) is 9.19. The molecule has 0 radical (unpaired) electrons. The molecular formula is C15H12F2N2. The Hall–Kier alpha value is -2.25. The van der Waals surface area contributed by atoms with Crippen molar-refractivity contribution in [2.45, 2.75) is 13.1 Å². The van der Waals surface area contributed by atoms with Crippen LogP contribution in [0.3, 0.4) is 0 Å². The van der Waals surface area contributed by atoms with Gasteiger partial charge in [0.05, 0.1) is 11.6 Å². The van der Waals surface area contributed by atoms with Crippen LogP contribution >= 0.6 is 0 Å². The normalized spacial score (nSPS) is 10.2. The Bertz CT molecular complexity index is 618. The van der Waals surface area contributed by atoms with E-state index < -0.39 is 5.82 Å². The maximum Gasteiger partial charge on any atom is 0.129 e. The third-order valence-corrected chi connectivity index (χ3v) is 2.72. The van der Waals surface area contributed by atoms with Crippen molar-refractivity contribution >= 4 is 0 Å². The average molecular weight is 258 g/mol. The summed E-state index contributed by atoms with van der Waals surface area (Å²) >= 11 is 0. The Balaban J connectivity index is 1.94. The van der Waals surface area contributed by atoms with E-state index in [0.717, 1.165) is 5.56 Å². The van der Waals surface area contributed by atoms with E-state index in [1.54, 1.807) is 24.3 Å². The molecule has 0 bridgehead atoms. The van der Waals surface area contributed by atoms with Gasteiger partial charge in [0.25, 0.3) is 0 Å². The number of hydrogen-bond acceptors (Lipinski definition) is 2. The number of nitrogens with one attached hydrogen (secondary N) is 1. The first-order valence-corrected chi connectivity index (χ1v) is 5.83. The predicted molar refractivity (Wildman–Crippen MR) is 68.1 cm³/mol. The summed E-state index contributed by atoms with van der Waals surface area (Å²) in [6.45, 7) is 0.783. The smallest absolute Gasteiger partial charge is 0.129 e. The molecular weight excluding hydrogens is 246 g/mol. The summed E-state index contributed by atoms with van der Waals surface area (Å²) in [4.78, 5) is 0. The second-order valence-corrected chi connectivity index (χ2v) is 4.15. The number of hydrogen-bond donors (Lipinski definition) is 1. The molecule has 0 aliphatic rings. The minimum absolute atomic E-state index is 0.288. The Labute approximate surface area is 110 Å². The zero-order chi connectivity index (χ0) is 13.7. The van der Waals surface area contributed by atoms with Gasteiger partial charge in [0.15, 0.2) is 0 Å². The van der Waals surface area contributed by atoms with Crippen molar-refractivity contribution in [1.29, 1.82) is 5.26 Å². The van der Waals surface area contributed by atoms with Crippen LogP contribution in [0, 0.1) is 23.0 Å². The molecule has 1 N–H and O–H groups in total. The summed E-state index contributed by atoms with van der Waals surface area (Å²) in [5, 5.41) is 11.7. The van der Waals surface area contributed by atoms with Gasteiger partial charge in [-0.15, -0.1) is 0 Å². The van der Waals surface area contributed by atoms with Gasteiger partial charge in [-0.05, 0) is 29.8 Å². The molecule has 0 aromatic heterocycles. The third-order valence-electron chi connectivity index (χ3n) is 2.72. The summed E-state index contributed by atoms with van der Waals surface area (Å²) in [5.74, 6) is -0.699. The molecule has 0 unspecified atom stereocenters. The SMILES string of the molecule is N#Cc1ccc(CNCc2cccc(F)c2)c(F)c1. The molecule has 0 saturated carbocycles. The zero-order valence-electron chi connectivity index (χ0n) is 10.2. The quantitative estimate of drug-likeness (QED) is 0.914. The lowest BCUT2D eigenvalue weighted by Crippen LogP contribution is -2.13. The fourth-order valence-electron chi connectivity index (χ4n) is 1.75. The Morgan fingerprint density at radius 2 is 1.89 bits per heavy atom. The zero-order valence-corrected chi connectivity index (χ0v) is 10.2. The van der Waals surface area contributed by atoms with Crippen LogP contribution in [-0.4, -0.2) is 0 Å². The summed E-state index contributed by atoms with van der Waals surface area (Å²) in [6, 6.07) is 12.5. The van der Waals surface area contributed by atoms with E-state index >= 15 is 0 Å². The van der Waals surface area contributed by atoms with E-state index in [4.69, 9.17) is 5.26 Å². The summed E-state index contributed by atoms with van der Waals surface area (Å²) in [7, 11) is 0. The highest BCUT2D eigenvalue weighted by molar-refractivity contribution is 5.32. The van der Waals surface area contributed by atoms with Gasteiger partial charge in [-0.1, -0.05) is 18.2 Å². The van der Waals surface area contributed by atoms with Gasteiger partial charge in [0, 0.05) is 18.7 Å². The standard InChI is InChI=1S/C15H12F2N2/c16-14-3-1-2-12(6-14)9-19-10-13-5-4-11(8-18)7-15(13)17/h1-7,19H,9-10H2. The molecule has 2 aromatic carbocycles. The van der Waals surface area contributed by atoms with E-state index in [1.807, 2.05) is 6.07 Å². The monoisotopic (exact) mass is 258 g/mol. The number of rotatable bonds is 4. The van der Waals surface area contributed by atoms with Crippen LogP contribution in [0.15, 0.2) is 42.5 Å². The van der Waals surface area contributed by atoms with Crippen LogP contribution < -0.4 is 5.32 Å². The summed E-state index contributed by atoms with van der Waals surface area (Å²) in [6.07, 6.45) is 0. The highest BCUT2D eigenvalue weighted by atomic mass is 19.1. The van der Waals surface area contributed by atoms with Gasteiger partial charge in [-0.25, -0.2) is 8.78 Å². The molecule has 96 valence electrons. The summed E-state index contributed by atoms with van der Waals surface area (Å²) in [5.41, 5.74) is 1.58. The number of halogens is 2. The van der Waals surface area contributed by atoms with E-state index in [2.05, 4.69) is 5.32 Å². The van der Waals surface area contributed by atoms with Gasteiger partial charge in [-0.3, -0.25) is 0 Å². The average Bonchev–Trinajstić information content (AvgIpc) is 2.40. The van der Waals surface area contributed by atoms with Crippen molar-refractivity contribution in [3.05, 3.63) is 70.8 Å². The van der Waals surface area contributed by atoms with E-state index in [-0.39, 0.29) is 5.82 Å². The molecule has 0 saturated heterocycles. The lowest BCUT2D eigenvalue weighted by atomic mass is 10.1. The van der Waals surface area contributed by atoms with Crippen LogP contribution in [0.25, 0.3) is 0 Å². The fraction of sp³-hybridized carbons (Fsp3) is 0.133. The number of nitriles is 1. The minimum atomic E-state index is -0.411. The molecule has 2 aromatic rings. The molecule has 0 aliphatic heterocycles. The van der Waals surface area contributed by atoms with Gasteiger partial charge in [-0.2, -0.15) is 5.26 Å². The summed E-state index contributed by atoms with van der Waals surface area (Å²) < 4.78 is 26.5. The first kappa shape index (κ1) is 13.2. The number of nitrogens with zero attached hydrogens (tertiary/aromatic N) is 1. The maximum atomic E-state index is 13.6. The van der Waals surface area contributed by atoms with Crippen LogP contribution in [0.5, 0.6) is 0 Å². The molecule has 0 spiro atoms. The molecule has 2 nitrogen and oxygen atoms in total. The molecule has 19 heavy (non-hydrogen) atoms. The van der Waals surface area contributed by atoms with Gasteiger partial charge in [0.2, 0.25) is 0 Å². The lowest BCUT2D eigenvalue weighted by Gasteiger charge is -2.06. The molecule has 2 rings (SSSR count). The Kier molecular flexibility index (Phi) is 4.22. The molecule has 4 heteroatoms. The van der Waals surface area contributed by atoms with Gasteiger partial charge >= 0.3 is 0 Å². The molecule has 0 atom stereocenters. The lowest BCUT2D eigenvalue weighted by molar-refractivity contribution is 0.585. The van der Waals surface area contributed by atoms with E-state index in [0.29, 0.717) is 24.2 Å². The van der Waals surface area contributed by atoms with E-state index in [1.165, 1.54) is 18.2 Å². The van der Waals surface area contributed by atoms with Crippen LogP contribution in [-0.2, 0) is 13.1 Å². The third kappa shape index (κ3) is 3.60. The maximum absolute atomic E-state index is 13.6. The molecule has 0 amide bonds. The molecule has 0 aliphatic carbocycles.